The van der Waals surface area contributed by atoms with Gasteiger partial charge in [-0.25, -0.2) is 0 Å². The van der Waals surface area contributed by atoms with Crippen molar-refractivity contribution in [2.45, 2.75) is 13.3 Å². The summed E-state index contributed by atoms with van der Waals surface area (Å²) in [4.78, 5) is 15.5. The number of nitrogens with one attached hydrogen (secondary N) is 1. The molecule has 0 amide bonds. The number of para-hydroxylation sites is 1. The lowest BCUT2D eigenvalue weighted by Crippen LogP contribution is -2.15. The van der Waals surface area contributed by atoms with Gasteiger partial charge in [0, 0.05) is 23.1 Å². The summed E-state index contributed by atoms with van der Waals surface area (Å²) in [7, 11) is 0. The molecule has 0 bridgehead atoms. The van der Waals surface area contributed by atoms with Crippen molar-refractivity contribution in [2.24, 2.45) is 0 Å². The number of H-pyrrole nitrogens is 1. The number of ether oxygens (including phenoxy) is 1. The van der Waals surface area contributed by atoms with Crippen LogP contribution in [0.3, 0.4) is 0 Å². The molecule has 0 aliphatic carbocycles. The van der Waals surface area contributed by atoms with E-state index in [1.807, 2.05) is 85.8 Å². The minimum absolute atomic E-state index is 0.0224. The normalized spacial score (nSPS) is 10.8. The lowest BCUT2D eigenvalue weighted by molar-refractivity contribution is 0.482. The fourth-order valence-corrected chi connectivity index (χ4v) is 3.19. The molecule has 1 heterocycles. The van der Waals surface area contributed by atoms with E-state index in [0.717, 1.165) is 39.1 Å². The van der Waals surface area contributed by atoms with E-state index < -0.39 is 0 Å². The van der Waals surface area contributed by atoms with Crippen molar-refractivity contribution in [3.8, 4) is 11.5 Å². The van der Waals surface area contributed by atoms with Crippen molar-refractivity contribution in [3.63, 3.8) is 0 Å². The van der Waals surface area contributed by atoms with Gasteiger partial charge in [0.25, 0.3) is 5.56 Å². The number of fused-ring (bicyclic) bond motifs is 1. The summed E-state index contributed by atoms with van der Waals surface area (Å²) >= 11 is 0. The number of hydrogen-bond acceptors (Lipinski definition) is 2. The van der Waals surface area contributed by atoms with E-state index in [4.69, 9.17) is 4.74 Å². The molecule has 0 saturated heterocycles. The number of pyridine rings is 1. The number of aromatic nitrogens is 1. The van der Waals surface area contributed by atoms with Gasteiger partial charge in [-0.05, 0) is 42.1 Å². The Morgan fingerprint density at radius 1 is 0.769 bits per heavy atom. The van der Waals surface area contributed by atoms with E-state index in [1.54, 1.807) is 0 Å². The van der Waals surface area contributed by atoms with Crippen LogP contribution in [0, 0.1) is 6.92 Å². The first-order valence-electron chi connectivity index (χ1n) is 8.63. The molecule has 0 unspecified atom stereocenters. The van der Waals surface area contributed by atoms with Crippen molar-refractivity contribution >= 4 is 10.8 Å². The Bertz CT molecular complexity index is 1100. The average molecular weight is 341 g/mol. The number of aromatic amines is 1. The quantitative estimate of drug-likeness (QED) is 0.553. The van der Waals surface area contributed by atoms with Crippen LogP contribution in [0.1, 0.15) is 16.8 Å². The van der Waals surface area contributed by atoms with Crippen LogP contribution in [0.5, 0.6) is 11.5 Å². The average Bonchev–Trinajstić information content (AvgIpc) is 2.67. The molecule has 128 valence electrons. The van der Waals surface area contributed by atoms with Crippen molar-refractivity contribution in [1.29, 1.82) is 0 Å². The molecule has 3 nitrogen and oxygen atoms in total. The van der Waals surface area contributed by atoms with Crippen LogP contribution in [0.2, 0.25) is 0 Å². The summed E-state index contributed by atoms with van der Waals surface area (Å²) in [6, 6.07) is 25.6. The Morgan fingerprint density at radius 3 is 2.12 bits per heavy atom. The molecule has 26 heavy (non-hydrogen) atoms. The van der Waals surface area contributed by atoms with Gasteiger partial charge in [0.05, 0.1) is 0 Å². The van der Waals surface area contributed by atoms with Gasteiger partial charge < -0.3 is 9.72 Å². The van der Waals surface area contributed by atoms with Crippen molar-refractivity contribution in [2.75, 3.05) is 0 Å². The zero-order valence-electron chi connectivity index (χ0n) is 14.5. The van der Waals surface area contributed by atoms with E-state index in [-0.39, 0.29) is 5.56 Å². The monoisotopic (exact) mass is 341 g/mol. The Hall–Kier alpha value is -3.33. The number of aryl methyl sites for hydroxylation is 1. The highest BCUT2D eigenvalue weighted by Crippen LogP contribution is 2.24. The molecule has 0 aliphatic rings. The molecular formula is C23H19NO2. The third-order valence-electron chi connectivity index (χ3n) is 4.51. The molecule has 4 rings (SSSR count). The lowest BCUT2D eigenvalue weighted by Gasteiger charge is -2.10. The minimum atomic E-state index is -0.0224. The highest BCUT2D eigenvalue weighted by Gasteiger charge is 2.09. The molecule has 1 N–H and O–H groups in total. The summed E-state index contributed by atoms with van der Waals surface area (Å²) < 4.78 is 5.83. The molecule has 0 radical (unpaired) electrons. The second kappa shape index (κ2) is 6.89. The number of hydrogen-bond donors (Lipinski definition) is 1. The fraction of sp³-hybridized carbons (Fsp3) is 0.0870. The van der Waals surface area contributed by atoms with Crippen LogP contribution in [-0.2, 0) is 6.42 Å². The summed E-state index contributed by atoms with van der Waals surface area (Å²) in [5.74, 6) is 1.59. The van der Waals surface area contributed by atoms with Crippen LogP contribution < -0.4 is 10.3 Å². The van der Waals surface area contributed by atoms with E-state index in [0.29, 0.717) is 6.42 Å². The molecule has 3 heteroatoms. The van der Waals surface area contributed by atoms with Gasteiger partial charge in [-0.3, -0.25) is 4.79 Å². The zero-order valence-corrected chi connectivity index (χ0v) is 14.5. The Kier molecular flexibility index (Phi) is 4.28. The maximum atomic E-state index is 12.5. The van der Waals surface area contributed by atoms with E-state index in [1.165, 1.54) is 0 Å². The van der Waals surface area contributed by atoms with E-state index in [9.17, 15) is 4.79 Å². The predicted octanol–water partition coefficient (Wildman–Crippen LogP) is 5.22. The third kappa shape index (κ3) is 3.24. The minimum Gasteiger partial charge on any atom is -0.457 e. The van der Waals surface area contributed by atoms with Crippen LogP contribution >= 0.6 is 0 Å². The molecule has 1 aromatic heterocycles. The van der Waals surface area contributed by atoms with Crippen LogP contribution in [0.4, 0.5) is 0 Å². The Labute approximate surface area is 151 Å². The van der Waals surface area contributed by atoms with E-state index in [2.05, 4.69) is 4.98 Å². The highest BCUT2D eigenvalue weighted by molar-refractivity contribution is 5.87. The molecule has 0 spiro atoms. The van der Waals surface area contributed by atoms with Crippen molar-refractivity contribution in [1.82, 2.24) is 4.98 Å². The standard InChI is InChI=1S/C23H19NO2/c1-16-20-9-5-6-10-21(20)22(23(25)24-16)15-17-11-13-19(14-12-17)26-18-7-3-2-4-8-18/h2-14H,15H2,1H3,(H,24,25). The summed E-state index contributed by atoms with van der Waals surface area (Å²) in [5, 5.41) is 2.10. The topological polar surface area (TPSA) is 42.1 Å². The van der Waals surface area contributed by atoms with Gasteiger partial charge in [0.1, 0.15) is 11.5 Å². The Morgan fingerprint density at radius 2 is 1.38 bits per heavy atom. The van der Waals surface area contributed by atoms with Crippen molar-refractivity contribution < 1.29 is 4.74 Å². The SMILES string of the molecule is Cc1[nH]c(=O)c(Cc2ccc(Oc3ccccc3)cc2)c2ccccc12. The van der Waals surface area contributed by atoms with Crippen LogP contribution in [0.15, 0.2) is 83.7 Å². The molecule has 0 saturated carbocycles. The van der Waals surface area contributed by atoms with Crippen molar-refractivity contribution in [3.05, 3.63) is 106 Å². The second-order valence-corrected chi connectivity index (χ2v) is 6.34. The van der Waals surface area contributed by atoms with Crippen LogP contribution in [-0.4, -0.2) is 4.98 Å². The summed E-state index contributed by atoms with van der Waals surface area (Å²) in [6.07, 6.45) is 0.585. The first-order chi connectivity index (χ1) is 12.7. The maximum Gasteiger partial charge on any atom is 0.252 e. The summed E-state index contributed by atoms with van der Waals surface area (Å²) in [6.45, 7) is 1.93. The molecule has 3 aromatic carbocycles. The molecule has 0 atom stereocenters. The molecule has 0 aliphatic heterocycles. The molecule has 0 fully saturated rings. The largest absolute Gasteiger partial charge is 0.457 e. The van der Waals surface area contributed by atoms with Gasteiger partial charge in [-0.15, -0.1) is 0 Å². The van der Waals surface area contributed by atoms with Gasteiger partial charge in [-0.2, -0.15) is 0 Å². The summed E-state index contributed by atoms with van der Waals surface area (Å²) in [5.41, 5.74) is 2.75. The lowest BCUT2D eigenvalue weighted by atomic mass is 9.99. The van der Waals surface area contributed by atoms with E-state index >= 15 is 0 Å². The van der Waals surface area contributed by atoms with Gasteiger partial charge in [0.2, 0.25) is 0 Å². The van der Waals surface area contributed by atoms with Gasteiger partial charge in [-0.1, -0.05) is 54.6 Å². The maximum absolute atomic E-state index is 12.5. The first-order valence-corrected chi connectivity index (χ1v) is 8.63. The zero-order chi connectivity index (χ0) is 17.9. The molecule has 4 aromatic rings. The van der Waals surface area contributed by atoms with Gasteiger partial charge in [0.15, 0.2) is 0 Å². The molecular weight excluding hydrogens is 322 g/mol. The smallest absolute Gasteiger partial charge is 0.252 e. The van der Waals surface area contributed by atoms with Crippen LogP contribution in [0.25, 0.3) is 10.8 Å². The highest BCUT2D eigenvalue weighted by atomic mass is 16.5. The predicted molar refractivity (Wildman–Crippen MR) is 105 cm³/mol. The fourth-order valence-electron chi connectivity index (χ4n) is 3.19. The first kappa shape index (κ1) is 16.2. The van der Waals surface area contributed by atoms with Gasteiger partial charge >= 0.3 is 0 Å². The number of rotatable bonds is 4. The second-order valence-electron chi connectivity index (χ2n) is 6.34. The third-order valence-corrected chi connectivity index (χ3v) is 4.51. The Balaban J connectivity index is 1.62. The number of benzene rings is 3.